The van der Waals surface area contributed by atoms with Gasteiger partial charge in [0.05, 0.1) is 17.8 Å². The maximum absolute atomic E-state index is 9.40. The Bertz CT molecular complexity index is 1080. The van der Waals surface area contributed by atoms with E-state index in [-0.39, 0.29) is 12.1 Å². The number of anilines is 1. The van der Waals surface area contributed by atoms with E-state index in [1.807, 2.05) is 22.9 Å². The Morgan fingerprint density at radius 2 is 1.87 bits per heavy atom. The van der Waals surface area contributed by atoms with Crippen LogP contribution in [0, 0.1) is 23.2 Å². The number of nitrogens with zero attached hydrogens (tertiary/aromatic N) is 7. The maximum atomic E-state index is 9.40. The highest BCUT2D eigenvalue weighted by molar-refractivity contribution is 5.50. The van der Waals surface area contributed by atoms with Crippen LogP contribution >= 0.6 is 0 Å². The quantitative estimate of drug-likeness (QED) is 0.632. The molecule has 8 nitrogen and oxygen atoms in total. The number of rotatable bonds is 5. The van der Waals surface area contributed by atoms with Crippen LogP contribution in [0.3, 0.4) is 0 Å². The van der Waals surface area contributed by atoms with Crippen molar-refractivity contribution < 1.29 is 4.74 Å². The lowest BCUT2D eigenvalue weighted by molar-refractivity contribution is -0.00542. The summed E-state index contributed by atoms with van der Waals surface area (Å²) in [7, 11) is 1.78. The number of benzene rings is 1. The second-order valence-electron chi connectivity index (χ2n) is 8.43. The third-order valence-electron chi connectivity index (χ3n) is 6.60. The van der Waals surface area contributed by atoms with E-state index in [4.69, 9.17) is 4.74 Å². The van der Waals surface area contributed by atoms with E-state index in [0.29, 0.717) is 23.3 Å². The fourth-order valence-electron chi connectivity index (χ4n) is 5.10. The predicted octanol–water partition coefficient (Wildman–Crippen LogP) is 2.63. The van der Waals surface area contributed by atoms with Crippen LogP contribution in [0.1, 0.15) is 35.8 Å². The minimum atomic E-state index is 0.0878. The summed E-state index contributed by atoms with van der Waals surface area (Å²) in [6.45, 7) is 1.75. The van der Waals surface area contributed by atoms with E-state index < -0.39 is 0 Å². The summed E-state index contributed by atoms with van der Waals surface area (Å²) in [5, 5.41) is 18.3. The lowest BCUT2D eigenvalue weighted by Gasteiger charge is -2.36. The van der Waals surface area contributed by atoms with Crippen molar-refractivity contribution in [2.45, 2.75) is 31.4 Å². The van der Waals surface area contributed by atoms with Crippen molar-refractivity contribution in [1.82, 2.24) is 25.0 Å². The van der Waals surface area contributed by atoms with Crippen molar-refractivity contribution in [1.29, 1.82) is 5.26 Å². The van der Waals surface area contributed by atoms with Crippen molar-refractivity contribution >= 4 is 5.82 Å². The molecule has 0 spiro atoms. The van der Waals surface area contributed by atoms with Crippen LogP contribution in [-0.2, 0) is 11.2 Å². The largest absolute Gasteiger partial charge is 0.379 e. The van der Waals surface area contributed by atoms with Crippen LogP contribution in [-0.4, -0.2) is 51.3 Å². The lowest BCUT2D eigenvalue weighted by Crippen LogP contribution is -2.37. The highest BCUT2D eigenvalue weighted by atomic mass is 16.5. The number of aromatic nitrogens is 5. The SMILES string of the molecule is CO[C@@H]1C[C@H]2CN(c3nccnc3C#N)C[C@H]2C[C@H]1n1cc(Cc2ccccc2)nn1. The first kappa shape index (κ1) is 19.6. The lowest BCUT2D eigenvalue weighted by atomic mass is 9.77. The van der Waals surface area contributed by atoms with Crippen LogP contribution in [0.2, 0.25) is 0 Å². The zero-order chi connectivity index (χ0) is 21.2. The van der Waals surface area contributed by atoms with E-state index in [0.717, 1.165) is 38.0 Å². The van der Waals surface area contributed by atoms with Crippen molar-refractivity contribution in [2.24, 2.45) is 11.8 Å². The summed E-state index contributed by atoms with van der Waals surface area (Å²) in [4.78, 5) is 10.8. The van der Waals surface area contributed by atoms with E-state index in [9.17, 15) is 5.26 Å². The van der Waals surface area contributed by atoms with Crippen LogP contribution < -0.4 is 4.90 Å². The summed E-state index contributed by atoms with van der Waals surface area (Å²) in [5.41, 5.74) is 2.59. The molecule has 0 amide bonds. The number of hydrogen-bond acceptors (Lipinski definition) is 7. The minimum absolute atomic E-state index is 0.0878. The number of fused-ring (bicyclic) bond motifs is 1. The van der Waals surface area contributed by atoms with Crippen molar-refractivity contribution in [3.63, 3.8) is 0 Å². The van der Waals surface area contributed by atoms with E-state index in [1.165, 1.54) is 5.56 Å². The molecule has 0 N–H and O–H groups in total. The summed E-state index contributed by atoms with van der Waals surface area (Å²) in [5.74, 6) is 1.68. The predicted molar refractivity (Wildman–Crippen MR) is 114 cm³/mol. The van der Waals surface area contributed by atoms with Gasteiger partial charge in [0.25, 0.3) is 0 Å². The van der Waals surface area contributed by atoms with Gasteiger partial charge >= 0.3 is 0 Å². The van der Waals surface area contributed by atoms with Gasteiger partial charge in [-0.2, -0.15) is 5.26 Å². The first-order chi connectivity index (χ1) is 15.2. The highest BCUT2D eigenvalue weighted by Gasteiger charge is 2.44. The van der Waals surface area contributed by atoms with Gasteiger partial charge in [0.15, 0.2) is 11.5 Å². The number of nitriles is 1. The molecule has 4 atom stereocenters. The summed E-state index contributed by atoms with van der Waals surface area (Å²) in [6, 6.07) is 12.6. The van der Waals surface area contributed by atoms with Gasteiger partial charge in [-0.25, -0.2) is 14.6 Å². The third-order valence-corrected chi connectivity index (χ3v) is 6.60. The molecule has 3 aromatic rings. The number of ether oxygens (including phenoxy) is 1. The second-order valence-corrected chi connectivity index (χ2v) is 8.43. The molecule has 1 aliphatic heterocycles. The van der Waals surface area contributed by atoms with Gasteiger partial charge in [-0.1, -0.05) is 35.5 Å². The summed E-state index contributed by atoms with van der Waals surface area (Å²) in [6.07, 6.45) is 8.07. The Morgan fingerprint density at radius 3 is 2.65 bits per heavy atom. The molecule has 31 heavy (non-hydrogen) atoms. The molecule has 0 radical (unpaired) electrons. The maximum Gasteiger partial charge on any atom is 0.183 e. The van der Waals surface area contributed by atoms with Gasteiger partial charge in [0.1, 0.15) is 6.07 Å². The molecule has 0 unspecified atom stereocenters. The average molecular weight is 416 g/mol. The molecule has 158 valence electrons. The zero-order valence-corrected chi connectivity index (χ0v) is 17.5. The Balaban J connectivity index is 1.32. The van der Waals surface area contributed by atoms with Gasteiger partial charge in [-0.15, -0.1) is 5.10 Å². The van der Waals surface area contributed by atoms with E-state index in [1.54, 1.807) is 19.5 Å². The van der Waals surface area contributed by atoms with Crippen LogP contribution in [0.5, 0.6) is 0 Å². The fraction of sp³-hybridized carbons (Fsp3) is 0.435. The molecular weight excluding hydrogens is 390 g/mol. The minimum Gasteiger partial charge on any atom is -0.379 e. The fourth-order valence-corrected chi connectivity index (χ4v) is 5.10. The van der Waals surface area contributed by atoms with Gasteiger partial charge < -0.3 is 9.64 Å². The molecule has 2 aliphatic rings. The first-order valence-electron chi connectivity index (χ1n) is 10.7. The molecule has 1 saturated heterocycles. The van der Waals surface area contributed by atoms with Crippen LogP contribution in [0.25, 0.3) is 0 Å². The van der Waals surface area contributed by atoms with Crippen molar-refractivity contribution in [2.75, 3.05) is 25.1 Å². The third kappa shape index (κ3) is 3.89. The molecular formula is C23H25N7O. The Hall–Kier alpha value is -3.31. The highest BCUT2D eigenvalue weighted by Crippen LogP contribution is 2.43. The molecule has 5 rings (SSSR count). The zero-order valence-electron chi connectivity index (χ0n) is 17.5. The average Bonchev–Trinajstić information content (AvgIpc) is 3.45. The summed E-state index contributed by atoms with van der Waals surface area (Å²) < 4.78 is 7.89. The van der Waals surface area contributed by atoms with Gasteiger partial charge in [-0.3, -0.25) is 0 Å². The molecule has 8 heteroatoms. The first-order valence-corrected chi connectivity index (χ1v) is 10.7. The molecule has 0 bridgehead atoms. The second kappa shape index (κ2) is 8.44. The Labute approximate surface area is 181 Å². The monoisotopic (exact) mass is 415 g/mol. The topological polar surface area (TPSA) is 92.8 Å². The van der Waals surface area contributed by atoms with Crippen LogP contribution in [0.15, 0.2) is 48.9 Å². The van der Waals surface area contributed by atoms with Gasteiger partial charge in [-0.05, 0) is 30.2 Å². The van der Waals surface area contributed by atoms with Gasteiger partial charge in [0.2, 0.25) is 0 Å². The van der Waals surface area contributed by atoms with Crippen molar-refractivity contribution in [3.05, 3.63) is 65.9 Å². The number of methoxy groups -OCH3 is 1. The molecule has 3 heterocycles. The Kier molecular flexibility index (Phi) is 5.35. The molecule has 1 aromatic carbocycles. The standard InChI is InChI=1S/C23H25N7O/c1-31-22-11-18-14-29(23-20(12-24)25-7-8-26-23)13-17(18)10-21(22)30-15-19(27-28-30)9-16-5-3-2-4-6-16/h2-8,15,17-18,21-22H,9-11,13-14H2,1H3/t17-,18+,21-,22-/m1/s1. The van der Waals surface area contributed by atoms with E-state index in [2.05, 4.69) is 49.6 Å². The van der Waals surface area contributed by atoms with E-state index >= 15 is 0 Å². The van der Waals surface area contributed by atoms with Gasteiger partial charge in [0, 0.05) is 45.2 Å². The Morgan fingerprint density at radius 1 is 1.10 bits per heavy atom. The normalized spacial score (nSPS) is 25.2. The smallest absolute Gasteiger partial charge is 0.183 e. The van der Waals surface area contributed by atoms with Crippen LogP contribution in [0.4, 0.5) is 5.82 Å². The molecule has 2 aromatic heterocycles. The molecule has 1 aliphatic carbocycles. The molecule has 2 fully saturated rings. The summed E-state index contributed by atoms with van der Waals surface area (Å²) >= 11 is 0. The van der Waals surface area contributed by atoms with Crippen molar-refractivity contribution in [3.8, 4) is 6.07 Å². The molecule has 1 saturated carbocycles. The number of hydrogen-bond donors (Lipinski definition) is 0.